The topological polar surface area (TPSA) is 73.9 Å². The fourth-order valence-electron chi connectivity index (χ4n) is 1.44. The highest BCUT2D eigenvalue weighted by Gasteiger charge is 2.05. The summed E-state index contributed by atoms with van der Waals surface area (Å²) < 4.78 is 16.2. The van der Waals surface area contributed by atoms with Crippen molar-refractivity contribution >= 4 is 0 Å². The van der Waals surface area contributed by atoms with Crippen LogP contribution < -0.4 is 15.2 Å². The van der Waals surface area contributed by atoms with Crippen LogP contribution in [-0.2, 0) is 11.3 Å². The van der Waals surface area contributed by atoms with Crippen molar-refractivity contribution in [2.24, 2.45) is 5.73 Å². The van der Waals surface area contributed by atoms with E-state index in [1.54, 1.807) is 0 Å². The van der Waals surface area contributed by atoms with Gasteiger partial charge < -0.3 is 25.1 Å². The number of ether oxygens (including phenoxy) is 3. The maximum absolute atomic E-state index is 8.56. The Morgan fingerprint density at radius 3 is 2.61 bits per heavy atom. The van der Waals surface area contributed by atoms with Crippen LogP contribution in [0.4, 0.5) is 0 Å². The fourth-order valence-corrected chi connectivity index (χ4v) is 1.44. The van der Waals surface area contributed by atoms with E-state index in [-0.39, 0.29) is 6.61 Å². The maximum atomic E-state index is 8.56. The van der Waals surface area contributed by atoms with E-state index in [2.05, 4.69) is 0 Å². The molecule has 5 nitrogen and oxygen atoms in total. The van der Waals surface area contributed by atoms with Crippen LogP contribution in [0.2, 0.25) is 0 Å². The molecule has 1 aromatic rings. The van der Waals surface area contributed by atoms with E-state index in [4.69, 9.17) is 25.1 Å². The summed E-state index contributed by atoms with van der Waals surface area (Å²) in [6, 6.07) is 5.64. The standard InChI is InChI=1S/C13H21NO4/c1-2-17-13-9-11(10-14)3-4-12(13)18-8-7-16-6-5-15/h3-4,9,15H,2,5-8,10,14H2,1H3. The van der Waals surface area contributed by atoms with Crippen LogP contribution in [0.1, 0.15) is 12.5 Å². The van der Waals surface area contributed by atoms with Gasteiger partial charge in [-0.3, -0.25) is 0 Å². The second kappa shape index (κ2) is 8.74. The predicted octanol–water partition coefficient (Wildman–Crippen LogP) is 0.932. The Hall–Kier alpha value is -1.30. The molecule has 0 unspecified atom stereocenters. The summed E-state index contributed by atoms with van der Waals surface area (Å²) >= 11 is 0. The van der Waals surface area contributed by atoms with Crippen LogP contribution >= 0.6 is 0 Å². The average molecular weight is 255 g/mol. The molecule has 0 amide bonds. The first-order chi connectivity index (χ1) is 8.81. The summed E-state index contributed by atoms with van der Waals surface area (Å²) in [7, 11) is 0. The monoisotopic (exact) mass is 255 g/mol. The van der Waals surface area contributed by atoms with E-state index in [9.17, 15) is 0 Å². The summed E-state index contributed by atoms with van der Waals surface area (Å²) in [5.74, 6) is 1.38. The molecule has 18 heavy (non-hydrogen) atoms. The minimum absolute atomic E-state index is 0.0232. The molecule has 0 fully saturated rings. The van der Waals surface area contributed by atoms with Crippen molar-refractivity contribution in [3.8, 4) is 11.5 Å². The highest BCUT2D eigenvalue weighted by atomic mass is 16.5. The fraction of sp³-hybridized carbons (Fsp3) is 0.538. The quantitative estimate of drug-likeness (QED) is 0.642. The molecule has 0 aliphatic carbocycles. The molecular formula is C13H21NO4. The van der Waals surface area contributed by atoms with Crippen molar-refractivity contribution < 1.29 is 19.3 Å². The van der Waals surface area contributed by atoms with Gasteiger partial charge in [-0.15, -0.1) is 0 Å². The van der Waals surface area contributed by atoms with Gasteiger partial charge in [-0.05, 0) is 24.6 Å². The molecule has 3 N–H and O–H groups in total. The molecule has 0 saturated heterocycles. The Kier molecular flexibility index (Phi) is 7.17. The summed E-state index contributed by atoms with van der Waals surface area (Å²) in [4.78, 5) is 0. The van der Waals surface area contributed by atoms with Gasteiger partial charge in [0, 0.05) is 6.54 Å². The molecule has 0 heterocycles. The minimum atomic E-state index is 0.0232. The van der Waals surface area contributed by atoms with Gasteiger partial charge in [-0.2, -0.15) is 0 Å². The molecule has 0 aromatic heterocycles. The first kappa shape index (κ1) is 14.8. The first-order valence-electron chi connectivity index (χ1n) is 6.09. The van der Waals surface area contributed by atoms with Gasteiger partial charge in [0.15, 0.2) is 11.5 Å². The number of rotatable bonds is 9. The predicted molar refractivity (Wildman–Crippen MR) is 68.9 cm³/mol. The van der Waals surface area contributed by atoms with E-state index in [1.165, 1.54) is 0 Å². The van der Waals surface area contributed by atoms with Gasteiger partial charge in [-0.25, -0.2) is 0 Å². The van der Waals surface area contributed by atoms with E-state index in [1.807, 2.05) is 25.1 Å². The largest absolute Gasteiger partial charge is 0.490 e. The number of nitrogens with two attached hydrogens (primary N) is 1. The number of benzene rings is 1. The zero-order valence-electron chi connectivity index (χ0n) is 10.7. The van der Waals surface area contributed by atoms with E-state index >= 15 is 0 Å². The Balaban J connectivity index is 2.52. The van der Waals surface area contributed by atoms with Crippen molar-refractivity contribution in [1.29, 1.82) is 0 Å². The molecule has 0 saturated carbocycles. The molecule has 0 radical (unpaired) electrons. The Morgan fingerprint density at radius 1 is 1.11 bits per heavy atom. The van der Waals surface area contributed by atoms with Crippen LogP contribution in [0.15, 0.2) is 18.2 Å². The molecule has 0 spiro atoms. The SMILES string of the molecule is CCOc1cc(CN)ccc1OCCOCCO. The van der Waals surface area contributed by atoms with Crippen LogP contribution in [0.5, 0.6) is 11.5 Å². The second-order valence-corrected chi connectivity index (χ2v) is 3.60. The lowest BCUT2D eigenvalue weighted by molar-refractivity contribution is 0.0697. The lowest BCUT2D eigenvalue weighted by Crippen LogP contribution is -2.10. The van der Waals surface area contributed by atoms with Gasteiger partial charge in [0.25, 0.3) is 0 Å². The van der Waals surface area contributed by atoms with Crippen LogP contribution in [0, 0.1) is 0 Å². The molecule has 0 atom stereocenters. The zero-order chi connectivity index (χ0) is 13.2. The van der Waals surface area contributed by atoms with E-state index in [0.717, 1.165) is 5.56 Å². The normalized spacial score (nSPS) is 10.4. The third kappa shape index (κ3) is 4.91. The lowest BCUT2D eigenvalue weighted by atomic mass is 10.2. The van der Waals surface area contributed by atoms with E-state index in [0.29, 0.717) is 44.5 Å². The van der Waals surface area contributed by atoms with Crippen molar-refractivity contribution in [2.75, 3.05) is 33.0 Å². The molecule has 1 rings (SSSR count). The summed E-state index contributed by atoms with van der Waals surface area (Å²) in [5, 5.41) is 8.56. The third-order valence-electron chi connectivity index (χ3n) is 2.26. The third-order valence-corrected chi connectivity index (χ3v) is 2.26. The Morgan fingerprint density at radius 2 is 1.94 bits per heavy atom. The van der Waals surface area contributed by atoms with Crippen molar-refractivity contribution in [2.45, 2.75) is 13.5 Å². The molecular weight excluding hydrogens is 234 g/mol. The molecule has 1 aromatic carbocycles. The van der Waals surface area contributed by atoms with Crippen molar-refractivity contribution in [1.82, 2.24) is 0 Å². The molecule has 102 valence electrons. The summed E-state index contributed by atoms with van der Waals surface area (Å²) in [5.41, 5.74) is 6.58. The molecule has 0 aliphatic heterocycles. The number of aliphatic hydroxyl groups excluding tert-OH is 1. The summed E-state index contributed by atoms with van der Waals surface area (Å²) in [6.07, 6.45) is 0. The lowest BCUT2D eigenvalue weighted by Gasteiger charge is -2.13. The molecule has 0 bridgehead atoms. The maximum Gasteiger partial charge on any atom is 0.161 e. The van der Waals surface area contributed by atoms with Gasteiger partial charge in [0.1, 0.15) is 6.61 Å². The number of hydrogen-bond acceptors (Lipinski definition) is 5. The van der Waals surface area contributed by atoms with Crippen LogP contribution in [0.25, 0.3) is 0 Å². The van der Waals surface area contributed by atoms with Crippen LogP contribution in [-0.4, -0.2) is 38.1 Å². The van der Waals surface area contributed by atoms with Crippen molar-refractivity contribution in [3.63, 3.8) is 0 Å². The average Bonchev–Trinajstić information content (AvgIpc) is 2.40. The van der Waals surface area contributed by atoms with Gasteiger partial charge in [0.05, 0.1) is 26.4 Å². The summed E-state index contributed by atoms with van der Waals surface area (Å²) in [6.45, 7) is 4.17. The van der Waals surface area contributed by atoms with Crippen molar-refractivity contribution in [3.05, 3.63) is 23.8 Å². The Labute approximate surface area is 107 Å². The zero-order valence-corrected chi connectivity index (χ0v) is 10.7. The van der Waals surface area contributed by atoms with Gasteiger partial charge in [-0.1, -0.05) is 6.07 Å². The second-order valence-electron chi connectivity index (χ2n) is 3.60. The molecule has 0 aliphatic rings. The van der Waals surface area contributed by atoms with Gasteiger partial charge >= 0.3 is 0 Å². The number of aliphatic hydroxyl groups is 1. The highest BCUT2D eigenvalue weighted by Crippen LogP contribution is 2.28. The van der Waals surface area contributed by atoms with Crippen LogP contribution in [0.3, 0.4) is 0 Å². The molecule has 5 heteroatoms. The first-order valence-corrected chi connectivity index (χ1v) is 6.09. The number of hydrogen-bond donors (Lipinski definition) is 2. The van der Waals surface area contributed by atoms with E-state index < -0.39 is 0 Å². The smallest absolute Gasteiger partial charge is 0.161 e. The Bertz CT molecular complexity index is 344. The minimum Gasteiger partial charge on any atom is -0.490 e. The highest BCUT2D eigenvalue weighted by molar-refractivity contribution is 5.43. The van der Waals surface area contributed by atoms with Gasteiger partial charge in [0.2, 0.25) is 0 Å².